The van der Waals surface area contributed by atoms with E-state index < -0.39 is 26.0 Å². The van der Waals surface area contributed by atoms with E-state index in [1.807, 2.05) is 0 Å². The number of carbonyl (C=O) groups excluding carboxylic acids is 1. The fourth-order valence-electron chi connectivity index (χ4n) is 2.50. The molecule has 0 spiro atoms. The van der Waals surface area contributed by atoms with Crippen LogP contribution in [0.2, 0.25) is 0 Å². The van der Waals surface area contributed by atoms with Crippen molar-refractivity contribution >= 4 is 26.0 Å². The third-order valence-corrected chi connectivity index (χ3v) is 6.63. The van der Waals surface area contributed by atoms with Gasteiger partial charge in [-0.2, -0.15) is 0 Å². The minimum absolute atomic E-state index is 0.0315. The predicted octanol–water partition coefficient (Wildman–Crippen LogP) is 0.176. The Hall–Kier alpha value is -1.49. The molecule has 1 aliphatic heterocycles. The first-order valence-corrected chi connectivity index (χ1v) is 10.6. The van der Waals surface area contributed by atoms with E-state index in [9.17, 15) is 21.6 Å². The maximum absolute atomic E-state index is 12.4. The van der Waals surface area contributed by atoms with Crippen LogP contribution in [-0.2, 0) is 24.8 Å². The maximum Gasteiger partial charge on any atom is 0.337 e. The van der Waals surface area contributed by atoms with Gasteiger partial charge in [-0.3, -0.25) is 0 Å². The molecule has 0 saturated carbocycles. The van der Waals surface area contributed by atoms with Gasteiger partial charge in [-0.15, -0.1) is 0 Å². The number of methoxy groups -OCH3 is 1. The Morgan fingerprint density at radius 2 is 1.83 bits per heavy atom. The number of hydrogen-bond donors (Lipinski definition) is 1. The molecule has 10 heteroatoms. The highest BCUT2D eigenvalue weighted by Crippen LogP contribution is 2.17. The van der Waals surface area contributed by atoms with Crippen molar-refractivity contribution in [2.24, 2.45) is 0 Å². The van der Waals surface area contributed by atoms with Crippen molar-refractivity contribution in [2.45, 2.75) is 23.8 Å². The van der Waals surface area contributed by atoms with Gasteiger partial charge in [0, 0.05) is 19.1 Å². The molecule has 0 radical (unpaired) electrons. The first kappa shape index (κ1) is 18.8. The minimum atomic E-state index is -3.80. The number of nitrogens with one attached hydrogen (secondary N) is 1. The standard InChI is InChI=1S/C14H20N2O6S2/c1-22-14(17)11-4-3-5-13(10-11)24(20,21)15-12-6-8-16(9-7-12)23(2,18)19/h3-5,10,12,15H,6-9H2,1-2H3. The molecule has 0 amide bonds. The van der Waals surface area contributed by atoms with Crippen molar-refractivity contribution in [3.63, 3.8) is 0 Å². The van der Waals surface area contributed by atoms with Crippen molar-refractivity contribution in [2.75, 3.05) is 26.5 Å². The highest BCUT2D eigenvalue weighted by molar-refractivity contribution is 7.89. The van der Waals surface area contributed by atoms with E-state index in [1.165, 1.54) is 35.7 Å². The van der Waals surface area contributed by atoms with Crippen LogP contribution in [-0.4, -0.2) is 59.6 Å². The van der Waals surface area contributed by atoms with Crippen LogP contribution in [0, 0.1) is 0 Å². The lowest BCUT2D eigenvalue weighted by Crippen LogP contribution is -2.46. The van der Waals surface area contributed by atoms with Crippen LogP contribution in [0.15, 0.2) is 29.2 Å². The smallest absolute Gasteiger partial charge is 0.337 e. The van der Waals surface area contributed by atoms with Crippen molar-refractivity contribution in [3.8, 4) is 0 Å². The Balaban J connectivity index is 2.09. The molecule has 0 aromatic heterocycles. The Labute approximate surface area is 141 Å². The molecule has 8 nitrogen and oxygen atoms in total. The van der Waals surface area contributed by atoms with Gasteiger partial charge in [0.15, 0.2) is 0 Å². The van der Waals surface area contributed by atoms with E-state index in [4.69, 9.17) is 0 Å². The molecule has 1 saturated heterocycles. The van der Waals surface area contributed by atoms with E-state index >= 15 is 0 Å². The lowest BCUT2D eigenvalue weighted by molar-refractivity contribution is 0.0600. The average molecular weight is 376 g/mol. The van der Waals surface area contributed by atoms with Gasteiger partial charge in [0.2, 0.25) is 20.0 Å². The zero-order valence-corrected chi connectivity index (χ0v) is 15.1. The number of nitrogens with zero attached hydrogens (tertiary/aromatic N) is 1. The fraction of sp³-hybridized carbons (Fsp3) is 0.500. The summed E-state index contributed by atoms with van der Waals surface area (Å²) in [4.78, 5) is 11.5. The third kappa shape index (κ3) is 4.53. The highest BCUT2D eigenvalue weighted by atomic mass is 32.2. The van der Waals surface area contributed by atoms with E-state index in [1.54, 1.807) is 0 Å². The second-order valence-electron chi connectivity index (χ2n) is 5.58. The summed E-state index contributed by atoms with van der Waals surface area (Å²) in [5.41, 5.74) is 0.146. The summed E-state index contributed by atoms with van der Waals surface area (Å²) in [6.45, 7) is 0.544. The molecule has 2 rings (SSSR count). The largest absolute Gasteiger partial charge is 0.465 e. The van der Waals surface area contributed by atoms with Crippen molar-refractivity contribution in [3.05, 3.63) is 29.8 Å². The summed E-state index contributed by atoms with van der Waals surface area (Å²) >= 11 is 0. The molecule has 1 fully saturated rings. The maximum atomic E-state index is 12.4. The number of rotatable bonds is 5. The topological polar surface area (TPSA) is 110 Å². The first-order valence-electron chi connectivity index (χ1n) is 7.29. The van der Waals surface area contributed by atoms with Crippen LogP contribution in [0.5, 0.6) is 0 Å². The van der Waals surface area contributed by atoms with Crippen LogP contribution in [0.25, 0.3) is 0 Å². The Morgan fingerprint density at radius 3 is 2.38 bits per heavy atom. The van der Waals surface area contributed by atoms with Gasteiger partial charge in [0.05, 0.1) is 23.8 Å². The molecule has 1 heterocycles. The number of carbonyl (C=O) groups is 1. The molecule has 0 bridgehead atoms. The minimum Gasteiger partial charge on any atom is -0.465 e. The van der Waals surface area contributed by atoms with Gasteiger partial charge in [0.25, 0.3) is 0 Å². The molecule has 0 atom stereocenters. The normalized spacial score (nSPS) is 17.6. The zero-order valence-electron chi connectivity index (χ0n) is 13.4. The fourth-order valence-corrected chi connectivity index (χ4v) is 4.73. The lowest BCUT2D eigenvalue weighted by Gasteiger charge is -2.30. The quantitative estimate of drug-likeness (QED) is 0.734. The molecule has 0 unspecified atom stereocenters. The SMILES string of the molecule is COC(=O)c1cccc(S(=O)(=O)NC2CCN(S(C)(=O)=O)CC2)c1. The summed E-state index contributed by atoms with van der Waals surface area (Å²) < 4.78 is 56.3. The second kappa shape index (κ2) is 7.18. The molecule has 24 heavy (non-hydrogen) atoms. The van der Waals surface area contributed by atoms with Gasteiger partial charge in [-0.1, -0.05) is 6.07 Å². The molecule has 134 valence electrons. The van der Waals surface area contributed by atoms with Crippen LogP contribution in [0.1, 0.15) is 23.2 Å². The molecular weight excluding hydrogens is 356 g/mol. The molecular formula is C14H20N2O6S2. The summed E-state index contributed by atoms with van der Waals surface area (Å²) in [5.74, 6) is -0.617. The average Bonchev–Trinajstić information content (AvgIpc) is 2.53. The summed E-state index contributed by atoms with van der Waals surface area (Å²) in [6.07, 6.45) is 1.92. The molecule has 1 aromatic carbocycles. The van der Waals surface area contributed by atoms with Gasteiger partial charge in [-0.05, 0) is 31.0 Å². The van der Waals surface area contributed by atoms with Crippen molar-refractivity contribution < 1.29 is 26.4 Å². The number of ether oxygens (including phenoxy) is 1. The van der Waals surface area contributed by atoms with Crippen molar-refractivity contribution in [1.82, 2.24) is 9.03 Å². The first-order chi connectivity index (χ1) is 11.1. The van der Waals surface area contributed by atoms with E-state index in [-0.39, 0.29) is 29.6 Å². The number of benzene rings is 1. The Morgan fingerprint density at radius 1 is 1.21 bits per heavy atom. The molecule has 1 aromatic rings. The molecule has 1 N–H and O–H groups in total. The van der Waals surface area contributed by atoms with E-state index in [0.717, 1.165) is 6.26 Å². The number of piperidine rings is 1. The van der Waals surface area contributed by atoms with Crippen LogP contribution in [0.4, 0.5) is 0 Å². The number of hydrogen-bond acceptors (Lipinski definition) is 6. The van der Waals surface area contributed by atoms with Crippen molar-refractivity contribution in [1.29, 1.82) is 0 Å². The summed E-state index contributed by atoms with van der Waals surface area (Å²) in [6, 6.07) is 5.22. The zero-order chi connectivity index (χ0) is 18.0. The van der Waals surface area contributed by atoms with Crippen LogP contribution < -0.4 is 4.72 Å². The summed E-state index contributed by atoms with van der Waals surface area (Å²) in [5, 5.41) is 0. The monoisotopic (exact) mass is 376 g/mol. The Bertz CT molecular complexity index is 811. The number of esters is 1. The predicted molar refractivity (Wildman–Crippen MR) is 87.5 cm³/mol. The Kier molecular flexibility index (Phi) is 5.63. The third-order valence-electron chi connectivity index (χ3n) is 3.81. The van der Waals surface area contributed by atoms with E-state index in [0.29, 0.717) is 12.8 Å². The van der Waals surface area contributed by atoms with Gasteiger partial charge in [-0.25, -0.2) is 30.7 Å². The highest BCUT2D eigenvalue weighted by Gasteiger charge is 2.28. The number of sulfonamides is 2. The van der Waals surface area contributed by atoms with Gasteiger partial charge in [0.1, 0.15) is 0 Å². The molecule has 0 aliphatic carbocycles. The van der Waals surface area contributed by atoms with Gasteiger partial charge >= 0.3 is 5.97 Å². The second-order valence-corrected chi connectivity index (χ2v) is 9.27. The lowest BCUT2D eigenvalue weighted by atomic mass is 10.1. The van der Waals surface area contributed by atoms with E-state index in [2.05, 4.69) is 9.46 Å². The van der Waals surface area contributed by atoms with Gasteiger partial charge < -0.3 is 4.74 Å². The summed E-state index contributed by atoms with van der Waals surface area (Å²) in [7, 11) is -5.84. The van der Waals surface area contributed by atoms with Crippen LogP contribution in [0.3, 0.4) is 0 Å². The van der Waals surface area contributed by atoms with Crippen LogP contribution >= 0.6 is 0 Å². The molecule has 1 aliphatic rings.